The zero-order chi connectivity index (χ0) is 20.4. The van der Waals surface area contributed by atoms with Crippen LogP contribution in [0.2, 0.25) is 0 Å². The lowest BCUT2D eigenvalue weighted by molar-refractivity contribution is -0.116. The number of allylic oxidation sites excluding steroid dienone is 1. The van der Waals surface area contributed by atoms with Gasteiger partial charge in [0.25, 0.3) is 0 Å². The lowest BCUT2D eigenvalue weighted by Gasteiger charge is -2.35. The molecule has 1 N–H and O–H groups in total. The number of nitrogens with one attached hydrogen (secondary N) is 1. The van der Waals surface area contributed by atoms with Crippen LogP contribution in [0.25, 0.3) is 27.2 Å². The predicted molar refractivity (Wildman–Crippen MR) is 124 cm³/mol. The van der Waals surface area contributed by atoms with Gasteiger partial charge in [0.05, 0.1) is 6.04 Å². The van der Waals surface area contributed by atoms with Crippen LogP contribution >= 0.6 is 0 Å². The summed E-state index contributed by atoms with van der Waals surface area (Å²) < 4.78 is 2.25. The molecule has 3 aromatic carbocycles. The molecule has 0 fully saturated rings. The maximum Gasteiger partial charge on any atom is 0.161 e. The molecule has 0 radical (unpaired) electrons. The number of Topliss-reactive ketones (excluding diaryl/α,β-unsaturated/α-hetero) is 1. The second-order valence-electron chi connectivity index (χ2n) is 8.53. The molecule has 148 valence electrons. The maximum atomic E-state index is 13.3. The Kier molecular flexibility index (Phi) is 3.70. The Balaban J connectivity index is 1.68. The van der Waals surface area contributed by atoms with Crippen molar-refractivity contribution in [2.45, 2.75) is 32.2 Å². The van der Waals surface area contributed by atoms with E-state index in [2.05, 4.69) is 84.5 Å². The number of rotatable bonds is 1. The first-order chi connectivity index (χ1) is 14.6. The Hall–Kier alpha value is -3.33. The van der Waals surface area contributed by atoms with Crippen LogP contribution < -0.4 is 5.32 Å². The van der Waals surface area contributed by atoms with Crippen molar-refractivity contribution in [2.24, 2.45) is 7.05 Å². The van der Waals surface area contributed by atoms with Crippen molar-refractivity contribution in [1.82, 2.24) is 4.57 Å². The third-order valence-electron chi connectivity index (χ3n) is 7.01. The zero-order valence-corrected chi connectivity index (χ0v) is 17.3. The largest absolute Gasteiger partial charge is 0.373 e. The molecule has 6 rings (SSSR count). The van der Waals surface area contributed by atoms with Crippen LogP contribution in [0.1, 0.15) is 42.1 Å². The number of nitrogens with zero attached hydrogens (tertiary/aromatic N) is 1. The molecule has 0 amide bonds. The first-order valence-corrected chi connectivity index (χ1v) is 10.7. The van der Waals surface area contributed by atoms with Crippen molar-refractivity contribution in [3.63, 3.8) is 0 Å². The summed E-state index contributed by atoms with van der Waals surface area (Å²) in [5, 5.41) is 7.47. The third-order valence-corrected chi connectivity index (χ3v) is 7.01. The highest BCUT2D eigenvalue weighted by molar-refractivity contribution is 6.13. The van der Waals surface area contributed by atoms with E-state index >= 15 is 0 Å². The van der Waals surface area contributed by atoms with E-state index in [0.29, 0.717) is 12.2 Å². The summed E-state index contributed by atoms with van der Waals surface area (Å²) in [4.78, 5) is 13.3. The van der Waals surface area contributed by atoms with E-state index in [9.17, 15) is 4.79 Å². The number of aromatic nitrogens is 1. The van der Waals surface area contributed by atoms with Crippen molar-refractivity contribution in [3.8, 4) is 0 Å². The van der Waals surface area contributed by atoms with E-state index in [1.165, 1.54) is 44.1 Å². The van der Waals surface area contributed by atoms with Crippen LogP contribution in [0.15, 0.2) is 66.2 Å². The topological polar surface area (TPSA) is 34.0 Å². The normalized spacial score (nSPS) is 18.5. The van der Waals surface area contributed by atoms with Gasteiger partial charge in [-0.05, 0) is 48.2 Å². The molecule has 3 nitrogen and oxygen atoms in total. The molecular weight excluding hydrogens is 368 g/mol. The molecule has 0 unspecified atom stereocenters. The first-order valence-electron chi connectivity index (χ1n) is 10.7. The molecule has 1 aliphatic heterocycles. The van der Waals surface area contributed by atoms with Crippen molar-refractivity contribution in [3.05, 3.63) is 83.1 Å². The number of para-hydroxylation sites is 1. The molecule has 4 aromatic rings. The average molecular weight is 393 g/mol. The number of hydrogen-bond acceptors (Lipinski definition) is 2. The quantitative estimate of drug-likeness (QED) is 0.412. The smallest absolute Gasteiger partial charge is 0.161 e. The van der Waals surface area contributed by atoms with Crippen molar-refractivity contribution < 1.29 is 4.79 Å². The summed E-state index contributed by atoms with van der Waals surface area (Å²) in [5.41, 5.74) is 8.24. The Bertz CT molecular complexity index is 1390. The maximum absolute atomic E-state index is 13.3. The first kappa shape index (κ1) is 17.5. The summed E-state index contributed by atoms with van der Waals surface area (Å²) in [6, 6.07) is 21.3. The van der Waals surface area contributed by atoms with Gasteiger partial charge in [-0.1, -0.05) is 48.5 Å². The number of hydrogen-bond donors (Lipinski definition) is 1. The summed E-state index contributed by atoms with van der Waals surface area (Å²) in [6.45, 7) is 2.17. The number of fused-ring (bicyclic) bond motifs is 5. The van der Waals surface area contributed by atoms with Gasteiger partial charge in [0, 0.05) is 52.5 Å². The van der Waals surface area contributed by atoms with Crippen molar-refractivity contribution in [2.75, 3.05) is 5.32 Å². The molecule has 0 spiro atoms. The van der Waals surface area contributed by atoms with Crippen molar-refractivity contribution >= 4 is 38.7 Å². The molecule has 30 heavy (non-hydrogen) atoms. The molecule has 2 aliphatic rings. The Morgan fingerprint density at radius 2 is 1.70 bits per heavy atom. The Morgan fingerprint density at radius 1 is 0.933 bits per heavy atom. The lowest BCUT2D eigenvalue weighted by atomic mass is 9.76. The molecule has 1 aromatic heterocycles. The van der Waals surface area contributed by atoms with Gasteiger partial charge in [0.1, 0.15) is 0 Å². The van der Waals surface area contributed by atoms with Crippen molar-refractivity contribution in [1.29, 1.82) is 0 Å². The van der Waals surface area contributed by atoms with Crippen LogP contribution in [0.3, 0.4) is 0 Å². The molecular formula is C27H24N2O. The van der Waals surface area contributed by atoms with E-state index in [-0.39, 0.29) is 6.04 Å². The van der Waals surface area contributed by atoms with Gasteiger partial charge in [-0.2, -0.15) is 0 Å². The Labute approximate surface area is 176 Å². The number of anilines is 1. The van der Waals surface area contributed by atoms with Gasteiger partial charge in [-0.25, -0.2) is 0 Å². The molecule has 0 saturated carbocycles. The molecule has 0 saturated heterocycles. The van der Waals surface area contributed by atoms with E-state index in [1.807, 2.05) is 0 Å². The third kappa shape index (κ3) is 2.29. The van der Waals surface area contributed by atoms with E-state index in [0.717, 1.165) is 24.1 Å². The number of ketones is 1. The van der Waals surface area contributed by atoms with Gasteiger partial charge in [-0.3, -0.25) is 4.79 Å². The van der Waals surface area contributed by atoms with Gasteiger partial charge in [0.15, 0.2) is 5.78 Å². The minimum Gasteiger partial charge on any atom is -0.373 e. The molecule has 1 atom stereocenters. The summed E-state index contributed by atoms with van der Waals surface area (Å²) in [5.74, 6) is 0.291. The minimum absolute atomic E-state index is 0.104. The predicted octanol–water partition coefficient (Wildman–Crippen LogP) is 6.31. The highest BCUT2D eigenvalue weighted by Gasteiger charge is 2.37. The number of carbonyl (C=O) groups excluding carboxylic acids is 1. The van der Waals surface area contributed by atoms with E-state index in [4.69, 9.17) is 0 Å². The van der Waals surface area contributed by atoms with Crippen LogP contribution in [0.4, 0.5) is 5.69 Å². The monoisotopic (exact) mass is 392 g/mol. The van der Waals surface area contributed by atoms with Gasteiger partial charge >= 0.3 is 0 Å². The standard InChI is InChI=1S/C27H24N2O/c1-16-24(19-10-5-6-12-22(19)29(16)2)27-26-20(11-7-13-23(26)30)25-18-9-4-3-8-17(18)14-15-21(25)28-27/h3-6,8-10,12,14-15,27-28H,7,11,13H2,1-2H3/t27-/m0/s1. The SMILES string of the molecule is Cc1c([C@@H]2Nc3ccc4ccccc4c3C3=C2C(=O)CCC3)c2ccccc2n1C. The zero-order valence-electron chi connectivity index (χ0n) is 17.3. The average Bonchev–Trinajstić information content (AvgIpc) is 3.03. The van der Waals surface area contributed by atoms with Gasteiger partial charge in [-0.15, -0.1) is 0 Å². The molecule has 2 heterocycles. The fraction of sp³-hybridized carbons (Fsp3) is 0.222. The molecule has 3 heteroatoms. The summed E-state index contributed by atoms with van der Waals surface area (Å²) in [7, 11) is 2.11. The molecule has 0 bridgehead atoms. The van der Waals surface area contributed by atoms with E-state index in [1.54, 1.807) is 0 Å². The van der Waals surface area contributed by atoms with E-state index < -0.39 is 0 Å². The second kappa shape index (κ2) is 6.33. The summed E-state index contributed by atoms with van der Waals surface area (Å²) >= 11 is 0. The minimum atomic E-state index is -0.104. The van der Waals surface area contributed by atoms with Gasteiger partial charge in [0.2, 0.25) is 0 Å². The lowest BCUT2D eigenvalue weighted by Crippen LogP contribution is -2.27. The molecule has 1 aliphatic carbocycles. The second-order valence-corrected chi connectivity index (χ2v) is 8.53. The van der Waals surface area contributed by atoms with Crippen LogP contribution in [-0.2, 0) is 11.8 Å². The number of carbonyl (C=O) groups is 1. The van der Waals surface area contributed by atoms with Crippen LogP contribution in [0, 0.1) is 6.92 Å². The fourth-order valence-electron chi connectivity index (χ4n) is 5.53. The highest BCUT2D eigenvalue weighted by atomic mass is 16.1. The number of aryl methyl sites for hydroxylation is 1. The number of benzene rings is 3. The Morgan fingerprint density at radius 3 is 2.57 bits per heavy atom. The highest BCUT2D eigenvalue weighted by Crippen LogP contribution is 2.49. The van der Waals surface area contributed by atoms with Crippen LogP contribution in [-0.4, -0.2) is 10.4 Å². The van der Waals surface area contributed by atoms with Gasteiger partial charge < -0.3 is 9.88 Å². The van der Waals surface area contributed by atoms with Crippen LogP contribution in [0.5, 0.6) is 0 Å². The fourth-order valence-corrected chi connectivity index (χ4v) is 5.53. The summed E-state index contributed by atoms with van der Waals surface area (Å²) in [6.07, 6.45) is 2.53.